The van der Waals surface area contributed by atoms with Gasteiger partial charge in [0.05, 0.1) is 10.7 Å². The van der Waals surface area contributed by atoms with E-state index in [0.717, 1.165) is 14.5 Å². The van der Waals surface area contributed by atoms with E-state index in [2.05, 4.69) is 31.9 Å². The minimum Gasteiger partial charge on any atom is -0.398 e. The average molecular weight is 502 g/mol. The Kier molecular flexibility index (Phi) is 9.55. The zero-order valence-corrected chi connectivity index (χ0v) is 17.4. The fourth-order valence-electron chi connectivity index (χ4n) is 1.57. The number of benzene rings is 2. The molecule has 0 amide bonds. The Labute approximate surface area is 167 Å². The van der Waals surface area contributed by atoms with E-state index in [1.54, 1.807) is 18.2 Å². The highest BCUT2D eigenvalue weighted by Gasteiger charge is 2.06. The summed E-state index contributed by atoms with van der Waals surface area (Å²) in [6.45, 7) is 0. The smallest absolute Gasteiger partial charge is 0.138 e. The van der Waals surface area contributed by atoms with Gasteiger partial charge < -0.3 is 5.73 Å². The van der Waals surface area contributed by atoms with Crippen molar-refractivity contribution in [2.75, 3.05) is 11.6 Å². The summed E-state index contributed by atoms with van der Waals surface area (Å²) in [5.41, 5.74) is 6.90. The molecule has 0 saturated heterocycles. The highest BCUT2D eigenvalue weighted by atomic mass is 79.9. The van der Waals surface area contributed by atoms with Gasteiger partial charge in [-0.2, -0.15) is 0 Å². The van der Waals surface area contributed by atoms with Crippen LogP contribution in [0.5, 0.6) is 0 Å². The van der Waals surface area contributed by atoms with E-state index in [0.29, 0.717) is 34.5 Å². The number of nitrogen functional groups attached to an aromatic ring is 1. The third kappa shape index (κ3) is 7.90. The van der Waals surface area contributed by atoms with Crippen LogP contribution in [0.4, 0.5) is 5.69 Å². The molecule has 0 radical (unpaired) electrons. The number of halogens is 5. The van der Waals surface area contributed by atoms with Gasteiger partial charge in [0.2, 0.25) is 0 Å². The van der Waals surface area contributed by atoms with Gasteiger partial charge in [-0.25, -0.2) is 0 Å². The van der Waals surface area contributed by atoms with Crippen molar-refractivity contribution in [3.63, 3.8) is 0 Å². The average Bonchev–Trinajstić information content (AvgIpc) is 2.47. The molecule has 0 aliphatic heterocycles. The van der Waals surface area contributed by atoms with Gasteiger partial charge in [0.15, 0.2) is 0 Å². The maximum Gasteiger partial charge on any atom is 0.138 e. The summed E-state index contributed by atoms with van der Waals surface area (Å²) in [6, 6.07) is 10.9. The molecule has 2 aromatic carbocycles. The molecule has 0 unspecified atom stereocenters. The number of alkyl halides is 1. The van der Waals surface area contributed by atoms with Crippen LogP contribution in [-0.4, -0.2) is 11.7 Å². The molecule has 2 N–H and O–H groups in total. The minimum absolute atomic E-state index is 0.115. The maximum atomic E-state index is 11.3. The molecule has 0 heterocycles. The van der Waals surface area contributed by atoms with Gasteiger partial charge in [-0.3, -0.25) is 4.79 Å². The predicted molar refractivity (Wildman–Crippen MR) is 107 cm³/mol. The molecule has 2 rings (SSSR count). The molecule has 0 bridgehead atoms. The van der Waals surface area contributed by atoms with Crippen LogP contribution >= 0.6 is 66.7 Å². The van der Waals surface area contributed by atoms with Crippen molar-refractivity contribution in [3.8, 4) is 0 Å². The van der Waals surface area contributed by atoms with Crippen molar-refractivity contribution in [1.29, 1.82) is 0 Å². The standard InChI is InChI=1S/C10H9BrCl2O.C6H5BrClN/c11-8-2-1-7(10(13)6-8)5-9(14)3-4-12;7-4-1-2-6(9)5(8)3-4/h1-2,6H,3-5H2;1-3H,9H2. The normalized spacial score (nSPS) is 9.96. The van der Waals surface area contributed by atoms with Crippen LogP contribution in [0.15, 0.2) is 45.3 Å². The van der Waals surface area contributed by atoms with Crippen LogP contribution in [0.3, 0.4) is 0 Å². The van der Waals surface area contributed by atoms with Gasteiger partial charge in [0.1, 0.15) is 5.78 Å². The van der Waals surface area contributed by atoms with E-state index in [4.69, 9.17) is 40.5 Å². The molecule has 0 spiro atoms. The topological polar surface area (TPSA) is 43.1 Å². The Morgan fingerprint density at radius 1 is 1.00 bits per heavy atom. The quantitative estimate of drug-likeness (QED) is 0.382. The summed E-state index contributed by atoms with van der Waals surface area (Å²) in [4.78, 5) is 11.3. The Hall–Kier alpha value is -0.260. The second-order valence-corrected chi connectivity index (χ2v) is 7.58. The predicted octanol–water partition coefficient (Wildman–Crippen LogP) is 6.53. The van der Waals surface area contributed by atoms with Crippen LogP contribution < -0.4 is 5.73 Å². The number of carbonyl (C=O) groups is 1. The monoisotopic (exact) mass is 499 g/mol. The largest absolute Gasteiger partial charge is 0.398 e. The van der Waals surface area contributed by atoms with Crippen molar-refractivity contribution in [3.05, 3.63) is 61.0 Å². The zero-order chi connectivity index (χ0) is 17.4. The lowest BCUT2D eigenvalue weighted by atomic mass is 10.1. The molecule has 0 fully saturated rings. The molecule has 0 saturated carbocycles. The lowest BCUT2D eigenvalue weighted by Crippen LogP contribution is -2.03. The van der Waals surface area contributed by atoms with Crippen molar-refractivity contribution < 1.29 is 4.79 Å². The van der Waals surface area contributed by atoms with E-state index in [1.165, 1.54) is 0 Å². The number of anilines is 1. The summed E-state index contributed by atoms with van der Waals surface area (Å²) >= 11 is 23.6. The molecule has 0 aliphatic rings. The SMILES string of the molecule is Nc1ccc(Br)cc1Cl.O=C(CCCl)Cc1ccc(Br)cc1Cl. The van der Waals surface area contributed by atoms with E-state index in [-0.39, 0.29) is 5.78 Å². The number of hydrogen-bond donors (Lipinski definition) is 1. The molecule has 0 aromatic heterocycles. The molecule has 2 aromatic rings. The number of nitrogens with two attached hydrogens (primary N) is 1. The Bertz CT molecular complexity index is 680. The number of ketones is 1. The minimum atomic E-state index is 0.115. The fraction of sp³-hybridized carbons (Fsp3) is 0.188. The van der Waals surface area contributed by atoms with Gasteiger partial charge in [0, 0.05) is 32.7 Å². The van der Waals surface area contributed by atoms with Gasteiger partial charge in [-0.05, 0) is 35.9 Å². The first-order chi connectivity index (χ1) is 10.8. The first kappa shape index (κ1) is 20.8. The van der Waals surface area contributed by atoms with E-state index in [9.17, 15) is 4.79 Å². The van der Waals surface area contributed by atoms with Gasteiger partial charge >= 0.3 is 0 Å². The maximum absolute atomic E-state index is 11.3. The van der Waals surface area contributed by atoms with Crippen molar-refractivity contribution >= 4 is 78.1 Å². The molecule has 7 heteroatoms. The second kappa shape index (κ2) is 10.6. The van der Waals surface area contributed by atoms with Crippen molar-refractivity contribution in [1.82, 2.24) is 0 Å². The van der Waals surface area contributed by atoms with Crippen LogP contribution in [0.25, 0.3) is 0 Å². The second-order valence-electron chi connectivity index (χ2n) is 4.56. The lowest BCUT2D eigenvalue weighted by Gasteiger charge is -2.03. The molecule has 23 heavy (non-hydrogen) atoms. The molecule has 124 valence electrons. The highest BCUT2D eigenvalue weighted by Crippen LogP contribution is 2.23. The van der Waals surface area contributed by atoms with E-state index in [1.807, 2.05) is 18.2 Å². The number of carbonyl (C=O) groups excluding carboxylic acids is 1. The molecule has 0 aliphatic carbocycles. The van der Waals surface area contributed by atoms with Crippen molar-refractivity contribution in [2.45, 2.75) is 12.8 Å². The first-order valence-corrected chi connectivity index (χ1v) is 9.43. The molecular formula is C16H14Br2Cl3NO. The molecular weight excluding hydrogens is 488 g/mol. The summed E-state index contributed by atoms with van der Waals surface area (Å²) in [6.07, 6.45) is 0.757. The third-order valence-corrected chi connectivity index (χ3v) is 4.59. The van der Waals surface area contributed by atoms with E-state index < -0.39 is 0 Å². The third-order valence-electron chi connectivity index (χ3n) is 2.74. The molecule has 2 nitrogen and oxygen atoms in total. The fourth-order valence-corrected chi connectivity index (χ4v) is 3.20. The van der Waals surface area contributed by atoms with Crippen LogP contribution in [0.2, 0.25) is 10.0 Å². The summed E-state index contributed by atoms with van der Waals surface area (Å²) in [5.74, 6) is 0.483. The van der Waals surface area contributed by atoms with Crippen LogP contribution in [0, 0.1) is 0 Å². The number of hydrogen-bond acceptors (Lipinski definition) is 2. The summed E-state index contributed by atoms with van der Waals surface area (Å²) < 4.78 is 1.86. The molecule has 0 atom stereocenters. The number of Topliss-reactive ketones (excluding diaryl/α,β-unsaturated/α-hetero) is 1. The first-order valence-electron chi connectivity index (χ1n) is 6.55. The summed E-state index contributed by atoms with van der Waals surface area (Å²) in [7, 11) is 0. The lowest BCUT2D eigenvalue weighted by molar-refractivity contribution is -0.118. The Balaban J connectivity index is 0.000000253. The van der Waals surface area contributed by atoms with Gasteiger partial charge in [0.25, 0.3) is 0 Å². The van der Waals surface area contributed by atoms with Gasteiger partial charge in [-0.1, -0.05) is 61.1 Å². The Morgan fingerprint density at radius 2 is 1.57 bits per heavy atom. The number of rotatable bonds is 4. The van der Waals surface area contributed by atoms with Crippen molar-refractivity contribution in [2.24, 2.45) is 0 Å². The van der Waals surface area contributed by atoms with E-state index >= 15 is 0 Å². The highest BCUT2D eigenvalue weighted by molar-refractivity contribution is 9.10. The van der Waals surface area contributed by atoms with Gasteiger partial charge in [-0.15, -0.1) is 11.6 Å². The zero-order valence-electron chi connectivity index (χ0n) is 12.0. The van der Waals surface area contributed by atoms with Crippen LogP contribution in [0.1, 0.15) is 12.0 Å². The Morgan fingerprint density at radius 3 is 2.04 bits per heavy atom. The van der Waals surface area contributed by atoms with Crippen LogP contribution in [-0.2, 0) is 11.2 Å². The summed E-state index contributed by atoms with van der Waals surface area (Å²) in [5, 5.41) is 1.20.